The third-order valence-electron chi connectivity index (χ3n) is 3.14. The molecule has 0 aliphatic heterocycles. The standard InChI is InChI=1S/C16H24N2O2/c1-3-11-17-16(20)10-13-18(14(2)19)12-9-15-7-5-4-6-8-15/h4-8H,3,9-13H2,1-2H3,(H,17,20). The lowest BCUT2D eigenvalue weighted by molar-refractivity contribution is -0.129. The summed E-state index contributed by atoms with van der Waals surface area (Å²) in [7, 11) is 0. The Kier molecular flexibility index (Phi) is 7.40. The summed E-state index contributed by atoms with van der Waals surface area (Å²) >= 11 is 0. The van der Waals surface area contributed by atoms with Gasteiger partial charge in [0.25, 0.3) is 0 Å². The second-order valence-corrected chi connectivity index (χ2v) is 4.84. The van der Waals surface area contributed by atoms with Crippen LogP contribution in [0.15, 0.2) is 30.3 Å². The zero-order valence-corrected chi connectivity index (χ0v) is 12.4. The number of hydrogen-bond donors (Lipinski definition) is 1. The van der Waals surface area contributed by atoms with Crippen LogP contribution in [0.1, 0.15) is 32.3 Å². The van der Waals surface area contributed by atoms with E-state index in [0.29, 0.717) is 26.1 Å². The van der Waals surface area contributed by atoms with Crippen molar-refractivity contribution in [2.75, 3.05) is 19.6 Å². The largest absolute Gasteiger partial charge is 0.356 e. The molecule has 1 N–H and O–H groups in total. The molecule has 0 saturated carbocycles. The number of amides is 2. The van der Waals surface area contributed by atoms with Crippen LogP contribution in [-0.4, -0.2) is 36.3 Å². The number of carbonyl (C=O) groups is 2. The summed E-state index contributed by atoms with van der Waals surface area (Å²) in [4.78, 5) is 24.9. The van der Waals surface area contributed by atoms with Gasteiger partial charge in [0.2, 0.25) is 11.8 Å². The summed E-state index contributed by atoms with van der Waals surface area (Å²) in [5.74, 6) is 0.0297. The fourth-order valence-electron chi connectivity index (χ4n) is 1.92. The van der Waals surface area contributed by atoms with Crippen molar-refractivity contribution in [3.8, 4) is 0 Å². The van der Waals surface area contributed by atoms with Crippen molar-refractivity contribution in [1.29, 1.82) is 0 Å². The molecule has 0 aliphatic carbocycles. The predicted molar refractivity (Wildman–Crippen MR) is 80.3 cm³/mol. The van der Waals surface area contributed by atoms with E-state index in [1.165, 1.54) is 5.56 Å². The molecule has 1 aromatic rings. The lowest BCUT2D eigenvalue weighted by atomic mass is 10.1. The minimum Gasteiger partial charge on any atom is -0.356 e. The average molecular weight is 276 g/mol. The van der Waals surface area contributed by atoms with Crippen molar-refractivity contribution in [2.24, 2.45) is 0 Å². The molecule has 4 heteroatoms. The first kappa shape index (κ1) is 16.2. The van der Waals surface area contributed by atoms with E-state index in [4.69, 9.17) is 0 Å². The molecule has 0 bridgehead atoms. The van der Waals surface area contributed by atoms with Crippen LogP contribution in [0.2, 0.25) is 0 Å². The zero-order chi connectivity index (χ0) is 14.8. The quantitative estimate of drug-likeness (QED) is 0.789. The van der Waals surface area contributed by atoms with Crippen LogP contribution >= 0.6 is 0 Å². The second-order valence-electron chi connectivity index (χ2n) is 4.84. The van der Waals surface area contributed by atoms with Crippen LogP contribution in [0.3, 0.4) is 0 Å². The lowest BCUT2D eigenvalue weighted by Crippen LogP contribution is -2.35. The molecule has 4 nitrogen and oxygen atoms in total. The molecular formula is C16H24N2O2. The Balaban J connectivity index is 2.37. The number of rotatable bonds is 8. The van der Waals surface area contributed by atoms with E-state index in [1.54, 1.807) is 11.8 Å². The molecule has 2 amide bonds. The molecule has 0 aromatic heterocycles. The third kappa shape index (κ3) is 6.36. The Morgan fingerprint density at radius 2 is 1.85 bits per heavy atom. The van der Waals surface area contributed by atoms with Gasteiger partial charge in [-0.2, -0.15) is 0 Å². The topological polar surface area (TPSA) is 49.4 Å². The summed E-state index contributed by atoms with van der Waals surface area (Å²) in [6.07, 6.45) is 2.11. The highest BCUT2D eigenvalue weighted by atomic mass is 16.2. The van der Waals surface area contributed by atoms with Gasteiger partial charge in [-0.1, -0.05) is 37.3 Å². The van der Waals surface area contributed by atoms with Crippen molar-refractivity contribution in [3.63, 3.8) is 0 Å². The number of nitrogens with one attached hydrogen (secondary N) is 1. The van der Waals surface area contributed by atoms with E-state index >= 15 is 0 Å². The van der Waals surface area contributed by atoms with Gasteiger partial charge < -0.3 is 10.2 Å². The van der Waals surface area contributed by atoms with Crippen LogP contribution in [0, 0.1) is 0 Å². The van der Waals surface area contributed by atoms with E-state index < -0.39 is 0 Å². The maximum absolute atomic E-state index is 11.6. The summed E-state index contributed by atoms with van der Waals surface area (Å²) in [5.41, 5.74) is 1.20. The van der Waals surface area contributed by atoms with E-state index in [2.05, 4.69) is 5.32 Å². The predicted octanol–water partition coefficient (Wildman–Crippen LogP) is 1.99. The molecule has 0 heterocycles. The van der Waals surface area contributed by atoms with Crippen LogP contribution < -0.4 is 5.32 Å². The molecule has 0 spiro atoms. The molecule has 1 rings (SSSR count). The molecule has 110 valence electrons. The third-order valence-corrected chi connectivity index (χ3v) is 3.14. The van der Waals surface area contributed by atoms with Gasteiger partial charge in [-0.3, -0.25) is 9.59 Å². The monoisotopic (exact) mass is 276 g/mol. The van der Waals surface area contributed by atoms with Crippen LogP contribution in [-0.2, 0) is 16.0 Å². The SMILES string of the molecule is CCCNC(=O)CCN(CCc1ccccc1)C(C)=O. The van der Waals surface area contributed by atoms with Gasteiger partial charge in [-0.15, -0.1) is 0 Å². The Hall–Kier alpha value is -1.84. The molecule has 20 heavy (non-hydrogen) atoms. The maximum Gasteiger partial charge on any atom is 0.221 e. The van der Waals surface area contributed by atoms with Gasteiger partial charge in [-0.25, -0.2) is 0 Å². The fourth-order valence-corrected chi connectivity index (χ4v) is 1.92. The minimum atomic E-state index is 0.0119. The van der Waals surface area contributed by atoms with Gasteiger partial charge >= 0.3 is 0 Å². The highest BCUT2D eigenvalue weighted by Crippen LogP contribution is 2.02. The maximum atomic E-state index is 11.6. The molecular weight excluding hydrogens is 252 g/mol. The zero-order valence-electron chi connectivity index (χ0n) is 12.4. The number of benzene rings is 1. The summed E-state index contributed by atoms with van der Waals surface area (Å²) in [5, 5.41) is 2.82. The fraction of sp³-hybridized carbons (Fsp3) is 0.500. The van der Waals surface area contributed by atoms with Crippen molar-refractivity contribution < 1.29 is 9.59 Å². The van der Waals surface area contributed by atoms with E-state index in [-0.39, 0.29) is 11.8 Å². The van der Waals surface area contributed by atoms with E-state index in [9.17, 15) is 9.59 Å². The Morgan fingerprint density at radius 3 is 2.45 bits per heavy atom. The first-order valence-electron chi connectivity index (χ1n) is 7.19. The Morgan fingerprint density at radius 1 is 1.15 bits per heavy atom. The second kappa shape index (κ2) is 9.13. The van der Waals surface area contributed by atoms with Crippen molar-refractivity contribution in [1.82, 2.24) is 10.2 Å². The van der Waals surface area contributed by atoms with Gasteiger partial charge in [0, 0.05) is 33.0 Å². The van der Waals surface area contributed by atoms with E-state index in [0.717, 1.165) is 12.8 Å². The molecule has 0 aliphatic rings. The Bertz CT molecular complexity index is 418. The molecule has 0 unspecified atom stereocenters. The average Bonchev–Trinajstić information content (AvgIpc) is 2.45. The first-order valence-corrected chi connectivity index (χ1v) is 7.19. The molecule has 0 atom stereocenters. The summed E-state index contributed by atoms with van der Waals surface area (Å²) in [6.45, 7) is 5.40. The first-order chi connectivity index (χ1) is 9.63. The van der Waals surface area contributed by atoms with E-state index in [1.807, 2.05) is 37.3 Å². The molecule has 0 radical (unpaired) electrons. The molecule has 0 saturated heterocycles. The number of nitrogens with zero attached hydrogens (tertiary/aromatic N) is 1. The summed E-state index contributed by atoms with van der Waals surface area (Å²) in [6, 6.07) is 10.1. The number of carbonyl (C=O) groups excluding carboxylic acids is 2. The van der Waals surface area contributed by atoms with Crippen LogP contribution in [0.25, 0.3) is 0 Å². The molecule has 0 fully saturated rings. The highest BCUT2D eigenvalue weighted by molar-refractivity contribution is 5.77. The Labute approximate surface area is 121 Å². The number of hydrogen-bond acceptors (Lipinski definition) is 2. The lowest BCUT2D eigenvalue weighted by Gasteiger charge is -2.20. The smallest absolute Gasteiger partial charge is 0.221 e. The van der Waals surface area contributed by atoms with Gasteiger partial charge in [0.05, 0.1) is 0 Å². The minimum absolute atomic E-state index is 0.0119. The van der Waals surface area contributed by atoms with Gasteiger partial charge in [0.1, 0.15) is 0 Å². The van der Waals surface area contributed by atoms with Crippen LogP contribution in [0.5, 0.6) is 0 Å². The van der Waals surface area contributed by atoms with Gasteiger partial charge in [-0.05, 0) is 18.4 Å². The summed E-state index contributed by atoms with van der Waals surface area (Å²) < 4.78 is 0. The van der Waals surface area contributed by atoms with Crippen molar-refractivity contribution in [2.45, 2.75) is 33.1 Å². The highest BCUT2D eigenvalue weighted by Gasteiger charge is 2.10. The van der Waals surface area contributed by atoms with Crippen molar-refractivity contribution >= 4 is 11.8 Å². The van der Waals surface area contributed by atoms with Crippen molar-refractivity contribution in [3.05, 3.63) is 35.9 Å². The normalized spacial score (nSPS) is 10.1. The van der Waals surface area contributed by atoms with Crippen LogP contribution in [0.4, 0.5) is 0 Å². The van der Waals surface area contributed by atoms with Gasteiger partial charge in [0.15, 0.2) is 0 Å². The molecule has 1 aromatic carbocycles.